The van der Waals surface area contributed by atoms with Crippen LogP contribution in [0, 0.1) is 0 Å². The third-order valence-electron chi connectivity index (χ3n) is 2.38. The molecule has 3 nitrogen and oxygen atoms in total. The van der Waals surface area contributed by atoms with Gasteiger partial charge in [-0.2, -0.15) is 0 Å². The molecule has 0 radical (unpaired) electrons. The van der Waals surface area contributed by atoms with E-state index in [4.69, 9.17) is 10.8 Å². The second-order valence-corrected chi connectivity index (χ2v) is 3.64. The number of hydrogen-bond donors (Lipinski definition) is 2. The first kappa shape index (κ1) is 11.7. The van der Waals surface area contributed by atoms with Crippen LogP contribution in [-0.2, 0) is 16.8 Å². The smallest absolute Gasteiger partial charge is 0.328 e. The van der Waals surface area contributed by atoms with Gasteiger partial charge in [-0.15, -0.1) is 0 Å². The van der Waals surface area contributed by atoms with Crippen LogP contribution in [0.3, 0.4) is 0 Å². The van der Waals surface area contributed by atoms with Gasteiger partial charge in [0.1, 0.15) is 5.54 Å². The lowest BCUT2D eigenvalue weighted by atomic mass is 9.92. The summed E-state index contributed by atoms with van der Waals surface area (Å²) in [5.74, 6) is -1.08. The number of rotatable bonds is 4. The van der Waals surface area contributed by atoms with Crippen molar-refractivity contribution in [2.45, 2.75) is 18.9 Å². The maximum absolute atomic E-state index is 12.0. The van der Waals surface area contributed by atoms with Crippen molar-refractivity contribution in [3.8, 4) is 0 Å². The van der Waals surface area contributed by atoms with E-state index in [2.05, 4.69) is 0 Å². The molecule has 0 aliphatic carbocycles. The molecule has 3 N–H and O–H groups in total. The maximum atomic E-state index is 12.0. The number of nitrogens with two attached hydrogens (primary N) is 1. The van der Waals surface area contributed by atoms with Gasteiger partial charge in [0.05, 0.1) is 6.67 Å². The Morgan fingerprint density at radius 1 is 1.47 bits per heavy atom. The molecule has 1 aromatic rings. The molecule has 0 bridgehead atoms. The minimum Gasteiger partial charge on any atom is -0.480 e. The summed E-state index contributed by atoms with van der Waals surface area (Å²) >= 11 is 0. The quantitative estimate of drug-likeness (QED) is 0.792. The minimum absolute atomic E-state index is 0.342. The first-order valence-electron chi connectivity index (χ1n) is 4.66. The van der Waals surface area contributed by atoms with E-state index in [1.807, 2.05) is 0 Å². The van der Waals surface area contributed by atoms with E-state index < -0.39 is 18.2 Å². The Labute approximate surface area is 87.7 Å². The van der Waals surface area contributed by atoms with Crippen molar-refractivity contribution in [1.29, 1.82) is 0 Å². The number of carboxylic acids is 1. The molecule has 1 atom stereocenters. The molecule has 0 aliphatic rings. The molecule has 82 valence electrons. The van der Waals surface area contributed by atoms with Gasteiger partial charge in [-0.1, -0.05) is 24.3 Å². The highest BCUT2D eigenvalue weighted by Gasteiger charge is 2.29. The molecule has 0 spiro atoms. The number of benzene rings is 1. The van der Waals surface area contributed by atoms with Crippen LogP contribution in [0.15, 0.2) is 24.3 Å². The van der Waals surface area contributed by atoms with Crippen LogP contribution < -0.4 is 5.73 Å². The minimum atomic E-state index is -1.39. The van der Waals surface area contributed by atoms with Crippen molar-refractivity contribution in [2.75, 3.05) is 6.67 Å². The summed E-state index contributed by atoms with van der Waals surface area (Å²) in [5, 5.41) is 8.88. The van der Waals surface area contributed by atoms with Gasteiger partial charge in [-0.05, 0) is 18.1 Å². The second kappa shape index (κ2) is 4.40. The summed E-state index contributed by atoms with van der Waals surface area (Å²) in [4.78, 5) is 10.8. The van der Waals surface area contributed by atoms with Crippen LogP contribution in [0.25, 0.3) is 0 Å². The Morgan fingerprint density at radius 3 is 2.40 bits per heavy atom. The lowest BCUT2D eigenvalue weighted by Crippen LogP contribution is -2.41. The number of halogens is 1. The van der Waals surface area contributed by atoms with Crippen molar-refractivity contribution in [3.05, 3.63) is 35.4 Å². The molecule has 1 unspecified atom stereocenters. The van der Waals surface area contributed by atoms with E-state index in [9.17, 15) is 9.18 Å². The molecule has 0 aromatic heterocycles. The zero-order chi connectivity index (χ0) is 11.5. The van der Waals surface area contributed by atoms with E-state index in [-0.39, 0.29) is 0 Å². The fourth-order valence-corrected chi connectivity index (χ4v) is 1.25. The summed E-state index contributed by atoms with van der Waals surface area (Å²) in [6.07, 6.45) is 0.342. The van der Waals surface area contributed by atoms with Crippen LogP contribution in [0.4, 0.5) is 4.39 Å². The van der Waals surface area contributed by atoms with Gasteiger partial charge in [0, 0.05) is 6.42 Å². The predicted molar refractivity (Wildman–Crippen MR) is 55.3 cm³/mol. The van der Waals surface area contributed by atoms with Crippen molar-refractivity contribution in [2.24, 2.45) is 5.73 Å². The van der Waals surface area contributed by atoms with Crippen LogP contribution in [-0.4, -0.2) is 17.8 Å². The van der Waals surface area contributed by atoms with Gasteiger partial charge in [0.15, 0.2) is 0 Å². The molecule has 0 aliphatic heterocycles. The Morgan fingerprint density at radius 2 is 2.00 bits per heavy atom. The SMILES string of the molecule is CC(N)(C(=O)O)c1ccc(CCF)cc1. The van der Waals surface area contributed by atoms with Crippen molar-refractivity contribution < 1.29 is 14.3 Å². The topological polar surface area (TPSA) is 63.3 Å². The van der Waals surface area contributed by atoms with Gasteiger partial charge < -0.3 is 10.8 Å². The third kappa shape index (κ3) is 2.53. The molecule has 0 fully saturated rings. The normalized spacial score (nSPS) is 14.6. The first-order valence-corrected chi connectivity index (χ1v) is 4.66. The van der Waals surface area contributed by atoms with Gasteiger partial charge in [-0.25, -0.2) is 4.79 Å². The monoisotopic (exact) mass is 211 g/mol. The molecule has 0 saturated heterocycles. The maximum Gasteiger partial charge on any atom is 0.328 e. The largest absolute Gasteiger partial charge is 0.480 e. The lowest BCUT2D eigenvalue weighted by molar-refractivity contribution is -0.143. The van der Waals surface area contributed by atoms with Gasteiger partial charge >= 0.3 is 5.97 Å². The predicted octanol–water partition coefficient (Wildman–Crippen LogP) is 1.46. The van der Waals surface area contributed by atoms with E-state index in [1.165, 1.54) is 6.92 Å². The molecule has 0 heterocycles. The fraction of sp³-hybridized carbons (Fsp3) is 0.364. The highest BCUT2D eigenvalue weighted by Crippen LogP contribution is 2.18. The number of aliphatic carboxylic acids is 1. The molecule has 1 rings (SSSR count). The summed E-state index contributed by atoms with van der Waals surface area (Å²) in [7, 11) is 0. The molecule has 0 amide bonds. The summed E-state index contributed by atoms with van der Waals surface area (Å²) < 4.78 is 12.0. The van der Waals surface area contributed by atoms with Crippen molar-refractivity contribution >= 4 is 5.97 Å². The zero-order valence-electron chi connectivity index (χ0n) is 8.53. The Balaban J connectivity index is 2.93. The summed E-state index contributed by atoms with van der Waals surface area (Å²) in [5.41, 5.74) is 5.58. The number of alkyl halides is 1. The number of carboxylic acid groups (broad SMARTS) is 1. The summed E-state index contributed by atoms with van der Waals surface area (Å²) in [6, 6.07) is 6.64. The standard InChI is InChI=1S/C11H14FNO2/c1-11(13,10(14)15)9-4-2-8(3-5-9)6-7-12/h2-5H,6-7,13H2,1H3,(H,14,15). The first-order chi connectivity index (χ1) is 6.98. The van der Waals surface area contributed by atoms with Gasteiger partial charge in [0.25, 0.3) is 0 Å². The van der Waals surface area contributed by atoms with Gasteiger partial charge in [-0.3, -0.25) is 4.39 Å². The molecule has 1 aromatic carbocycles. The second-order valence-electron chi connectivity index (χ2n) is 3.64. The van der Waals surface area contributed by atoms with Crippen molar-refractivity contribution in [1.82, 2.24) is 0 Å². The van der Waals surface area contributed by atoms with Crippen LogP contribution in [0.5, 0.6) is 0 Å². The lowest BCUT2D eigenvalue weighted by Gasteiger charge is -2.19. The third-order valence-corrected chi connectivity index (χ3v) is 2.38. The number of hydrogen-bond acceptors (Lipinski definition) is 2. The number of aryl methyl sites for hydroxylation is 1. The Hall–Kier alpha value is -1.42. The van der Waals surface area contributed by atoms with Crippen LogP contribution >= 0.6 is 0 Å². The van der Waals surface area contributed by atoms with E-state index in [0.29, 0.717) is 12.0 Å². The molecule has 4 heteroatoms. The highest BCUT2D eigenvalue weighted by molar-refractivity contribution is 5.79. The Bertz CT molecular complexity index is 346. The van der Waals surface area contributed by atoms with Crippen LogP contribution in [0.2, 0.25) is 0 Å². The van der Waals surface area contributed by atoms with E-state index in [1.54, 1.807) is 24.3 Å². The zero-order valence-corrected chi connectivity index (χ0v) is 8.53. The number of carbonyl (C=O) groups is 1. The fourth-order valence-electron chi connectivity index (χ4n) is 1.25. The molecular weight excluding hydrogens is 197 g/mol. The average molecular weight is 211 g/mol. The van der Waals surface area contributed by atoms with Crippen molar-refractivity contribution in [3.63, 3.8) is 0 Å². The van der Waals surface area contributed by atoms with Crippen LogP contribution in [0.1, 0.15) is 18.1 Å². The Kier molecular flexibility index (Phi) is 3.42. The highest BCUT2D eigenvalue weighted by atomic mass is 19.1. The molecule has 0 saturated carbocycles. The average Bonchev–Trinajstić information content (AvgIpc) is 2.19. The van der Waals surface area contributed by atoms with Gasteiger partial charge in [0.2, 0.25) is 0 Å². The van der Waals surface area contributed by atoms with E-state index in [0.717, 1.165) is 5.56 Å². The van der Waals surface area contributed by atoms with E-state index >= 15 is 0 Å². The molecular formula is C11H14FNO2. The molecule has 15 heavy (non-hydrogen) atoms. The summed E-state index contributed by atoms with van der Waals surface area (Å²) in [6.45, 7) is 1.01.